The van der Waals surface area contributed by atoms with Crippen molar-refractivity contribution < 1.29 is 9.53 Å². The summed E-state index contributed by atoms with van der Waals surface area (Å²) in [6, 6.07) is 8.03. The maximum Gasteiger partial charge on any atom is 0.234 e. The Morgan fingerprint density at radius 2 is 2.06 bits per heavy atom. The van der Waals surface area contributed by atoms with Crippen molar-refractivity contribution >= 4 is 12.0 Å². The lowest BCUT2D eigenvalue weighted by molar-refractivity contribution is -0.125. The molecule has 1 fully saturated rings. The number of hydrazine groups is 1. The van der Waals surface area contributed by atoms with E-state index in [1.807, 2.05) is 30.3 Å². The number of rotatable bonds is 3. The molecule has 0 spiro atoms. The van der Waals surface area contributed by atoms with Crippen LogP contribution in [0.4, 0.5) is 0 Å². The van der Waals surface area contributed by atoms with Crippen molar-refractivity contribution in [1.29, 1.82) is 0 Å². The molecule has 0 bridgehead atoms. The van der Waals surface area contributed by atoms with Gasteiger partial charge in [0.15, 0.2) is 0 Å². The van der Waals surface area contributed by atoms with Crippen LogP contribution in [0, 0.1) is 5.92 Å². The summed E-state index contributed by atoms with van der Waals surface area (Å²) in [5.74, 6) is 1.20. The average molecular weight is 246 g/mol. The van der Waals surface area contributed by atoms with Crippen LogP contribution in [0.3, 0.4) is 0 Å². The van der Waals surface area contributed by atoms with E-state index in [0.717, 1.165) is 11.3 Å². The fourth-order valence-electron chi connectivity index (χ4n) is 1.94. The van der Waals surface area contributed by atoms with Gasteiger partial charge in [0.2, 0.25) is 5.91 Å². The third-order valence-corrected chi connectivity index (χ3v) is 3.11. The van der Waals surface area contributed by atoms with Gasteiger partial charge in [-0.15, -0.1) is 0 Å². The SMILES string of the molecule is COc1ccc(/C=C/C2NNC(=O)CC2C)cc1. The number of carbonyl (C=O) groups excluding carboxylic acids is 1. The van der Waals surface area contributed by atoms with Gasteiger partial charge in [-0.05, 0) is 23.6 Å². The van der Waals surface area contributed by atoms with Crippen LogP contribution in [-0.2, 0) is 4.79 Å². The highest BCUT2D eigenvalue weighted by Crippen LogP contribution is 2.16. The maximum absolute atomic E-state index is 11.2. The van der Waals surface area contributed by atoms with Crippen LogP contribution in [0.2, 0.25) is 0 Å². The van der Waals surface area contributed by atoms with Crippen molar-refractivity contribution in [2.45, 2.75) is 19.4 Å². The number of nitrogens with one attached hydrogen (secondary N) is 2. The second-order valence-corrected chi connectivity index (χ2v) is 4.53. The molecule has 18 heavy (non-hydrogen) atoms. The lowest BCUT2D eigenvalue weighted by Gasteiger charge is -2.27. The molecule has 4 heteroatoms. The van der Waals surface area contributed by atoms with E-state index in [2.05, 4.69) is 23.9 Å². The molecule has 4 nitrogen and oxygen atoms in total. The van der Waals surface area contributed by atoms with Crippen molar-refractivity contribution in [2.24, 2.45) is 5.92 Å². The number of methoxy groups -OCH3 is 1. The molecule has 2 N–H and O–H groups in total. The Bertz CT molecular complexity index is 440. The summed E-state index contributed by atoms with van der Waals surface area (Å²) in [4.78, 5) is 11.2. The monoisotopic (exact) mass is 246 g/mol. The first kappa shape index (κ1) is 12.6. The van der Waals surface area contributed by atoms with E-state index in [1.165, 1.54) is 0 Å². The molecule has 1 aromatic carbocycles. The van der Waals surface area contributed by atoms with E-state index in [4.69, 9.17) is 4.74 Å². The summed E-state index contributed by atoms with van der Waals surface area (Å²) in [5.41, 5.74) is 6.77. The summed E-state index contributed by atoms with van der Waals surface area (Å²) in [6.07, 6.45) is 4.68. The van der Waals surface area contributed by atoms with Crippen LogP contribution >= 0.6 is 0 Å². The molecule has 0 saturated carbocycles. The minimum Gasteiger partial charge on any atom is -0.497 e. The number of benzene rings is 1. The summed E-state index contributed by atoms with van der Waals surface area (Å²) in [6.45, 7) is 2.06. The molecule has 96 valence electrons. The van der Waals surface area contributed by atoms with Gasteiger partial charge in [-0.25, -0.2) is 5.43 Å². The number of hydrogen-bond acceptors (Lipinski definition) is 3. The van der Waals surface area contributed by atoms with Gasteiger partial charge in [-0.3, -0.25) is 10.2 Å². The molecule has 0 radical (unpaired) electrons. The van der Waals surface area contributed by atoms with Crippen LogP contribution in [0.5, 0.6) is 5.75 Å². The number of amides is 1. The molecule has 1 saturated heterocycles. The van der Waals surface area contributed by atoms with Gasteiger partial charge in [-0.2, -0.15) is 0 Å². The third-order valence-electron chi connectivity index (χ3n) is 3.11. The minimum absolute atomic E-state index is 0.0524. The number of ether oxygens (including phenoxy) is 1. The zero-order chi connectivity index (χ0) is 13.0. The molecule has 1 heterocycles. The first-order chi connectivity index (χ1) is 8.69. The highest BCUT2D eigenvalue weighted by atomic mass is 16.5. The quantitative estimate of drug-likeness (QED) is 0.854. The molecule has 0 aliphatic carbocycles. The van der Waals surface area contributed by atoms with Crippen molar-refractivity contribution in [3.05, 3.63) is 35.9 Å². The molecule has 1 aliphatic rings. The first-order valence-electron chi connectivity index (χ1n) is 6.05. The summed E-state index contributed by atoms with van der Waals surface area (Å²) < 4.78 is 5.11. The molecule has 1 aliphatic heterocycles. The zero-order valence-electron chi connectivity index (χ0n) is 10.6. The van der Waals surface area contributed by atoms with Crippen LogP contribution in [0.15, 0.2) is 30.3 Å². The van der Waals surface area contributed by atoms with E-state index in [1.54, 1.807) is 7.11 Å². The van der Waals surface area contributed by atoms with Gasteiger partial charge in [-0.1, -0.05) is 31.2 Å². The van der Waals surface area contributed by atoms with Crippen LogP contribution in [-0.4, -0.2) is 19.1 Å². The van der Waals surface area contributed by atoms with Crippen molar-refractivity contribution in [3.8, 4) is 5.75 Å². The largest absolute Gasteiger partial charge is 0.497 e. The zero-order valence-corrected chi connectivity index (χ0v) is 10.6. The molecule has 0 aromatic heterocycles. The predicted octanol–water partition coefficient (Wildman–Crippen LogP) is 1.74. The Labute approximate surface area is 107 Å². The van der Waals surface area contributed by atoms with E-state index in [-0.39, 0.29) is 11.9 Å². The van der Waals surface area contributed by atoms with Gasteiger partial charge in [0.05, 0.1) is 7.11 Å². The molecule has 2 rings (SSSR count). The highest BCUT2D eigenvalue weighted by Gasteiger charge is 2.22. The van der Waals surface area contributed by atoms with E-state index in [0.29, 0.717) is 12.3 Å². The Morgan fingerprint density at radius 3 is 2.67 bits per heavy atom. The standard InChI is InChI=1S/C14H18N2O2/c1-10-9-14(17)16-15-13(10)8-5-11-3-6-12(18-2)7-4-11/h3-8,10,13,15H,9H2,1-2H3,(H,16,17)/b8-5+. The fraction of sp³-hybridized carbons (Fsp3) is 0.357. The van der Waals surface area contributed by atoms with E-state index < -0.39 is 0 Å². The topological polar surface area (TPSA) is 50.4 Å². The Balaban J connectivity index is 1.99. The van der Waals surface area contributed by atoms with Gasteiger partial charge in [0, 0.05) is 12.5 Å². The minimum atomic E-state index is 0.0524. The maximum atomic E-state index is 11.2. The van der Waals surface area contributed by atoms with E-state index in [9.17, 15) is 4.79 Å². The van der Waals surface area contributed by atoms with Gasteiger partial charge < -0.3 is 4.74 Å². The normalized spacial score (nSPS) is 24.0. The Hall–Kier alpha value is -1.81. The first-order valence-corrected chi connectivity index (χ1v) is 6.05. The lowest BCUT2D eigenvalue weighted by atomic mass is 9.96. The second-order valence-electron chi connectivity index (χ2n) is 4.53. The van der Waals surface area contributed by atoms with Gasteiger partial charge in [0.1, 0.15) is 5.75 Å². The van der Waals surface area contributed by atoms with Crippen molar-refractivity contribution in [2.75, 3.05) is 7.11 Å². The summed E-state index contributed by atoms with van der Waals surface area (Å²) in [7, 11) is 1.65. The van der Waals surface area contributed by atoms with Gasteiger partial charge in [0.25, 0.3) is 0 Å². The molecule has 2 unspecified atom stereocenters. The Morgan fingerprint density at radius 1 is 1.33 bits per heavy atom. The highest BCUT2D eigenvalue weighted by molar-refractivity contribution is 5.76. The molecule has 1 aromatic rings. The van der Waals surface area contributed by atoms with Crippen molar-refractivity contribution in [3.63, 3.8) is 0 Å². The predicted molar refractivity (Wildman–Crippen MR) is 70.9 cm³/mol. The smallest absolute Gasteiger partial charge is 0.234 e. The third kappa shape index (κ3) is 3.11. The second kappa shape index (κ2) is 5.69. The summed E-state index contributed by atoms with van der Waals surface area (Å²) in [5, 5.41) is 0. The molecular formula is C14H18N2O2. The Kier molecular flexibility index (Phi) is 3.99. The fourth-order valence-corrected chi connectivity index (χ4v) is 1.94. The summed E-state index contributed by atoms with van der Waals surface area (Å²) >= 11 is 0. The van der Waals surface area contributed by atoms with Crippen LogP contribution in [0.25, 0.3) is 6.08 Å². The average Bonchev–Trinajstić information content (AvgIpc) is 2.38. The van der Waals surface area contributed by atoms with Gasteiger partial charge >= 0.3 is 0 Å². The molecular weight excluding hydrogens is 228 g/mol. The lowest BCUT2D eigenvalue weighted by Crippen LogP contribution is -2.52. The number of hydrogen-bond donors (Lipinski definition) is 2. The molecule has 2 atom stereocenters. The van der Waals surface area contributed by atoms with Crippen LogP contribution < -0.4 is 15.6 Å². The van der Waals surface area contributed by atoms with E-state index >= 15 is 0 Å². The molecule has 1 amide bonds. The van der Waals surface area contributed by atoms with Crippen molar-refractivity contribution in [1.82, 2.24) is 10.9 Å². The van der Waals surface area contributed by atoms with Crippen LogP contribution in [0.1, 0.15) is 18.9 Å². The number of carbonyl (C=O) groups is 1.